The van der Waals surface area contributed by atoms with Gasteiger partial charge in [-0.05, 0) is 38.4 Å². The van der Waals surface area contributed by atoms with Gasteiger partial charge in [0, 0.05) is 26.2 Å². The lowest BCUT2D eigenvalue weighted by Gasteiger charge is -2.38. The molecular weight excluding hydrogens is 314 g/mol. The van der Waals surface area contributed by atoms with E-state index in [0.29, 0.717) is 17.9 Å². The molecule has 0 fully saturated rings. The number of ether oxygens (including phenoxy) is 1. The summed E-state index contributed by atoms with van der Waals surface area (Å²) in [5.74, 6) is 0.595. The molecule has 0 saturated heterocycles. The van der Waals surface area contributed by atoms with Crippen LogP contribution in [-0.4, -0.2) is 58.2 Å². The monoisotopic (exact) mass is 339 g/mol. The van der Waals surface area contributed by atoms with Gasteiger partial charge in [-0.15, -0.1) is 0 Å². The third-order valence-electron chi connectivity index (χ3n) is 4.51. The molecule has 0 spiro atoms. The minimum atomic E-state index is -0.0165. The van der Waals surface area contributed by atoms with E-state index in [-0.39, 0.29) is 5.91 Å². The summed E-state index contributed by atoms with van der Waals surface area (Å²) in [6.45, 7) is 3.42. The summed E-state index contributed by atoms with van der Waals surface area (Å²) in [4.78, 5) is 19.5. The van der Waals surface area contributed by atoms with Crippen LogP contribution in [0.25, 0.3) is 0 Å². The lowest BCUT2D eigenvalue weighted by atomic mass is 10.1. The summed E-state index contributed by atoms with van der Waals surface area (Å²) in [5, 5.41) is 0. The van der Waals surface area contributed by atoms with E-state index < -0.39 is 0 Å². The molecule has 25 heavy (non-hydrogen) atoms. The molecule has 0 bridgehead atoms. The number of benzene rings is 2. The summed E-state index contributed by atoms with van der Waals surface area (Å²) in [6.07, 6.45) is 0. The number of para-hydroxylation sites is 3. The first-order valence-corrected chi connectivity index (χ1v) is 8.55. The van der Waals surface area contributed by atoms with Gasteiger partial charge >= 0.3 is 0 Å². The van der Waals surface area contributed by atoms with Crippen molar-refractivity contribution in [2.45, 2.75) is 0 Å². The number of carbonyl (C=O) groups excluding carboxylic acids is 1. The number of hydrogen-bond donors (Lipinski definition) is 0. The number of likely N-dealkylation sites (N-methyl/N-ethyl adjacent to an activating group) is 1. The van der Waals surface area contributed by atoms with Crippen LogP contribution in [0.2, 0.25) is 0 Å². The molecule has 0 aliphatic carbocycles. The van der Waals surface area contributed by atoms with Crippen molar-refractivity contribution in [3.63, 3.8) is 0 Å². The van der Waals surface area contributed by atoms with Crippen molar-refractivity contribution in [1.29, 1.82) is 0 Å². The molecule has 0 saturated carbocycles. The van der Waals surface area contributed by atoms with Gasteiger partial charge in [-0.25, -0.2) is 0 Å². The summed E-state index contributed by atoms with van der Waals surface area (Å²) >= 11 is 0. The average molecular weight is 339 g/mol. The van der Waals surface area contributed by atoms with Gasteiger partial charge in [-0.2, -0.15) is 0 Å². The van der Waals surface area contributed by atoms with Gasteiger partial charge in [0.25, 0.3) is 5.91 Å². The maximum absolute atomic E-state index is 13.1. The van der Waals surface area contributed by atoms with E-state index in [9.17, 15) is 4.79 Å². The van der Waals surface area contributed by atoms with Crippen LogP contribution in [0.15, 0.2) is 48.5 Å². The van der Waals surface area contributed by atoms with Crippen molar-refractivity contribution in [1.82, 2.24) is 4.90 Å². The fourth-order valence-electron chi connectivity index (χ4n) is 3.15. The maximum Gasteiger partial charge on any atom is 0.262 e. The fraction of sp³-hybridized carbons (Fsp3) is 0.350. The zero-order valence-electron chi connectivity index (χ0n) is 15.1. The summed E-state index contributed by atoms with van der Waals surface area (Å²) in [7, 11) is 5.75. The van der Waals surface area contributed by atoms with Crippen molar-refractivity contribution in [2.24, 2.45) is 0 Å². The van der Waals surface area contributed by atoms with Crippen LogP contribution in [0, 0.1) is 0 Å². The molecule has 1 aliphatic rings. The summed E-state index contributed by atoms with van der Waals surface area (Å²) in [6, 6.07) is 15.5. The van der Waals surface area contributed by atoms with Crippen LogP contribution in [0.3, 0.4) is 0 Å². The number of anilines is 2. The molecule has 0 N–H and O–H groups in total. The number of amides is 1. The number of fused-ring (bicyclic) bond motifs is 1. The molecule has 0 atom stereocenters. The van der Waals surface area contributed by atoms with Crippen LogP contribution in [0.5, 0.6) is 5.75 Å². The van der Waals surface area contributed by atoms with Crippen LogP contribution < -0.4 is 14.5 Å². The molecule has 2 aromatic carbocycles. The Morgan fingerprint density at radius 1 is 1.04 bits per heavy atom. The first-order valence-electron chi connectivity index (χ1n) is 8.55. The van der Waals surface area contributed by atoms with E-state index in [1.807, 2.05) is 47.4 Å². The Labute approximate surface area is 149 Å². The van der Waals surface area contributed by atoms with Gasteiger partial charge in [-0.3, -0.25) is 4.79 Å². The summed E-state index contributed by atoms with van der Waals surface area (Å²) in [5.41, 5.74) is 2.67. The second-order valence-electron chi connectivity index (χ2n) is 6.44. The van der Waals surface area contributed by atoms with E-state index in [2.05, 4.69) is 30.0 Å². The third kappa shape index (κ3) is 3.61. The van der Waals surface area contributed by atoms with E-state index in [1.54, 1.807) is 7.11 Å². The topological polar surface area (TPSA) is 36.0 Å². The molecule has 132 valence electrons. The zero-order valence-corrected chi connectivity index (χ0v) is 15.1. The Kier molecular flexibility index (Phi) is 5.24. The minimum absolute atomic E-state index is 0.0165. The number of rotatable bonds is 5. The van der Waals surface area contributed by atoms with Crippen molar-refractivity contribution >= 4 is 17.3 Å². The van der Waals surface area contributed by atoms with Crippen LogP contribution in [-0.2, 0) is 0 Å². The quantitative estimate of drug-likeness (QED) is 0.839. The lowest BCUT2D eigenvalue weighted by molar-refractivity contribution is 0.0983. The van der Waals surface area contributed by atoms with Crippen molar-refractivity contribution in [3.05, 3.63) is 54.1 Å². The number of hydrogen-bond acceptors (Lipinski definition) is 4. The molecule has 3 rings (SSSR count). The predicted octanol–water partition coefficient (Wildman–Crippen LogP) is 2.72. The van der Waals surface area contributed by atoms with Gasteiger partial charge < -0.3 is 19.4 Å². The van der Waals surface area contributed by atoms with E-state index in [0.717, 1.165) is 31.0 Å². The van der Waals surface area contributed by atoms with E-state index in [4.69, 9.17) is 4.74 Å². The Morgan fingerprint density at radius 3 is 2.44 bits per heavy atom. The number of carbonyl (C=O) groups is 1. The Balaban J connectivity index is 1.90. The van der Waals surface area contributed by atoms with Crippen LogP contribution in [0.4, 0.5) is 11.4 Å². The van der Waals surface area contributed by atoms with Crippen molar-refractivity contribution in [2.75, 3.05) is 57.2 Å². The highest BCUT2D eigenvalue weighted by Gasteiger charge is 2.28. The molecule has 5 heteroatoms. The average Bonchev–Trinajstić information content (AvgIpc) is 2.65. The Bertz CT molecular complexity index is 745. The molecule has 5 nitrogen and oxygen atoms in total. The highest BCUT2D eigenvalue weighted by Crippen LogP contribution is 2.34. The zero-order chi connectivity index (χ0) is 17.8. The molecule has 1 amide bonds. The van der Waals surface area contributed by atoms with Crippen molar-refractivity contribution < 1.29 is 9.53 Å². The minimum Gasteiger partial charge on any atom is -0.496 e. The van der Waals surface area contributed by atoms with Gasteiger partial charge in [0.1, 0.15) is 5.75 Å². The largest absolute Gasteiger partial charge is 0.496 e. The fourth-order valence-corrected chi connectivity index (χ4v) is 3.15. The Morgan fingerprint density at radius 2 is 1.72 bits per heavy atom. The van der Waals surface area contributed by atoms with Gasteiger partial charge in [-0.1, -0.05) is 24.3 Å². The van der Waals surface area contributed by atoms with Gasteiger partial charge in [0.05, 0.1) is 24.0 Å². The smallest absolute Gasteiger partial charge is 0.262 e. The Hall–Kier alpha value is -2.53. The van der Waals surface area contributed by atoms with Gasteiger partial charge in [0.15, 0.2) is 0 Å². The first kappa shape index (κ1) is 17.3. The van der Waals surface area contributed by atoms with E-state index >= 15 is 0 Å². The van der Waals surface area contributed by atoms with Crippen LogP contribution in [0.1, 0.15) is 10.4 Å². The third-order valence-corrected chi connectivity index (χ3v) is 4.51. The first-order chi connectivity index (χ1) is 12.1. The second kappa shape index (κ2) is 7.57. The van der Waals surface area contributed by atoms with Crippen LogP contribution >= 0.6 is 0 Å². The predicted molar refractivity (Wildman–Crippen MR) is 102 cm³/mol. The summed E-state index contributed by atoms with van der Waals surface area (Å²) < 4.78 is 5.37. The molecule has 1 heterocycles. The normalized spacial score (nSPS) is 13.8. The number of nitrogens with zero attached hydrogens (tertiary/aromatic N) is 3. The molecule has 2 aromatic rings. The number of methoxy groups -OCH3 is 1. The van der Waals surface area contributed by atoms with Crippen molar-refractivity contribution in [3.8, 4) is 5.75 Å². The van der Waals surface area contributed by atoms with Gasteiger partial charge in [0.2, 0.25) is 0 Å². The second-order valence-corrected chi connectivity index (χ2v) is 6.44. The standard InChI is InChI=1S/C20H25N3O2/c1-21(2)12-13-22-14-15-23(18-10-6-5-9-17(18)22)20(24)16-8-4-7-11-19(16)25-3/h4-11H,12-15H2,1-3H3. The molecule has 0 aromatic heterocycles. The highest BCUT2D eigenvalue weighted by molar-refractivity contribution is 6.10. The maximum atomic E-state index is 13.1. The molecule has 0 unspecified atom stereocenters. The van der Waals surface area contributed by atoms with E-state index in [1.165, 1.54) is 0 Å². The SMILES string of the molecule is COc1ccccc1C(=O)N1CCN(CCN(C)C)c2ccccc21. The molecule has 0 radical (unpaired) electrons. The molecular formula is C20H25N3O2. The lowest BCUT2D eigenvalue weighted by Crippen LogP contribution is -2.46. The molecule has 1 aliphatic heterocycles. The highest BCUT2D eigenvalue weighted by atomic mass is 16.5.